The summed E-state index contributed by atoms with van der Waals surface area (Å²) in [5, 5.41) is 10.0. The fourth-order valence-electron chi connectivity index (χ4n) is 2.72. The third-order valence-corrected chi connectivity index (χ3v) is 6.42. The Kier molecular flexibility index (Phi) is 6.36. The number of nitrogens with two attached hydrogens (primary N) is 1. The van der Waals surface area contributed by atoms with Crippen molar-refractivity contribution in [2.75, 3.05) is 4.90 Å². The van der Waals surface area contributed by atoms with Crippen molar-refractivity contribution >= 4 is 68.4 Å². The predicted molar refractivity (Wildman–Crippen MR) is 115 cm³/mol. The summed E-state index contributed by atoms with van der Waals surface area (Å²) < 4.78 is 0.832. The average Bonchev–Trinajstić information content (AvgIpc) is 2.95. The standard InChI is InChI=1S/C19H12BrCl2N3O2S/c20-11-1-4-13(5-2-11)25-18(27)16(28-19(25)14(9-23)17(24)26)8-10-7-12(21)3-6-15(10)22/h1-7,16H,8H2,(H2,24,26)/b19-14+/t16-/m1/s1. The summed E-state index contributed by atoms with van der Waals surface area (Å²) in [6.45, 7) is 0. The lowest BCUT2D eigenvalue weighted by Crippen LogP contribution is -2.31. The third kappa shape index (κ3) is 4.20. The number of amides is 2. The number of carbonyl (C=O) groups is 2. The van der Waals surface area contributed by atoms with E-state index in [1.807, 2.05) is 6.07 Å². The molecule has 9 heteroatoms. The number of halogens is 3. The molecule has 1 fully saturated rings. The highest BCUT2D eigenvalue weighted by Gasteiger charge is 2.40. The molecule has 3 rings (SSSR count). The summed E-state index contributed by atoms with van der Waals surface area (Å²) in [4.78, 5) is 26.3. The molecule has 0 aliphatic carbocycles. The van der Waals surface area contributed by atoms with Gasteiger partial charge >= 0.3 is 0 Å². The van der Waals surface area contributed by atoms with Crippen molar-refractivity contribution in [3.63, 3.8) is 0 Å². The minimum atomic E-state index is -0.888. The van der Waals surface area contributed by atoms with Crippen molar-refractivity contribution in [1.29, 1.82) is 5.26 Å². The number of rotatable bonds is 4. The SMILES string of the molecule is N#C/C(C(N)=O)=C1\S[C@H](Cc2cc(Cl)ccc2Cl)C(=O)N1c1ccc(Br)cc1. The van der Waals surface area contributed by atoms with E-state index in [4.69, 9.17) is 28.9 Å². The molecule has 0 bridgehead atoms. The number of hydrogen-bond acceptors (Lipinski definition) is 4. The normalized spacial score (nSPS) is 18.1. The van der Waals surface area contributed by atoms with Crippen molar-refractivity contribution < 1.29 is 9.59 Å². The molecule has 0 radical (unpaired) electrons. The van der Waals surface area contributed by atoms with Crippen molar-refractivity contribution in [3.8, 4) is 6.07 Å². The molecule has 1 atom stereocenters. The first-order chi connectivity index (χ1) is 13.3. The molecule has 0 unspecified atom stereocenters. The van der Waals surface area contributed by atoms with Crippen LogP contribution in [0.3, 0.4) is 0 Å². The van der Waals surface area contributed by atoms with Crippen LogP contribution in [0.15, 0.2) is 57.5 Å². The first-order valence-corrected chi connectivity index (χ1v) is 10.4. The average molecular weight is 497 g/mol. The van der Waals surface area contributed by atoms with Gasteiger partial charge in [-0.05, 0) is 54.4 Å². The Bertz CT molecular complexity index is 1030. The lowest BCUT2D eigenvalue weighted by Gasteiger charge is -2.18. The highest BCUT2D eigenvalue weighted by molar-refractivity contribution is 9.10. The van der Waals surface area contributed by atoms with E-state index in [2.05, 4.69) is 15.9 Å². The maximum atomic E-state index is 13.2. The van der Waals surface area contributed by atoms with Crippen LogP contribution in [0.1, 0.15) is 5.56 Å². The highest BCUT2D eigenvalue weighted by atomic mass is 79.9. The minimum Gasteiger partial charge on any atom is -0.365 e. The van der Waals surface area contributed by atoms with E-state index < -0.39 is 11.2 Å². The lowest BCUT2D eigenvalue weighted by molar-refractivity contribution is -0.117. The zero-order chi connectivity index (χ0) is 20.4. The molecule has 142 valence electrons. The molecular formula is C19H12BrCl2N3O2S. The minimum absolute atomic E-state index is 0.213. The number of nitrogens with zero attached hydrogens (tertiary/aromatic N) is 2. The number of hydrogen-bond donors (Lipinski definition) is 1. The molecule has 5 nitrogen and oxygen atoms in total. The van der Waals surface area contributed by atoms with Crippen LogP contribution in [-0.2, 0) is 16.0 Å². The molecule has 1 heterocycles. The smallest absolute Gasteiger partial charge is 0.262 e. The summed E-state index contributed by atoms with van der Waals surface area (Å²) >= 11 is 16.7. The van der Waals surface area contributed by atoms with Crippen molar-refractivity contribution in [2.45, 2.75) is 11.7 Å². The fourth-order valence-corrected chi connectivity index (χ4v) is 4.68. The van der Waals surface area contributed by atoms with E-state index in [0.29, 0.717) is 21.3 Å². The number of nitriles is 1. The fraction of sp³-hybridized carbons (Fsp3) is 0.105. The molecule has 0 aromatic heterocycles. The Morgan fingerprint density at radius 1 is 1.25 bits per heavy atom. The second-order valence-corrected chi connectivity index (χ2v) is 8.80. The van der Waals surface area contributed by atoms with Gasteiger partial charge in [0.25, 0.3) is 5.91 Å². The van der Waals surface area contributed by atoms with E-state index in [-0.39, 0.29) is 22.9 Å². The van der Waals surface area contributed by atoms with E-state index in [1.165, 1.54) is 4.90 Å². The monoisotopic (exact) mass is 495 g/mol. The van der Waals surface area contributed by atoms with Gasteiger partial charge in [0.15, 0.2) is 0 Å². The van der Waals surface area contributed by atoms with Gasteiger partial charge in [-0.25, -0.2) is 0 Å². The van der Waals surface area contributed by atoms with Crippen LogP contribution in [0.4, 0.5) is 5.69 Å². The predicted octanol–water partition coefficient (Wildman–Crippen LogP) is 4.67. The highest BCUT2D eigenvalue weighted by Crippen LogP contribution is 2.42. The molecule has 0 saturated carbocycles. The van der Waals surface area contributed by atoms with E-state index in [9.17, 15) is 14.9 Å². The van der Waals surface area contributed by atoms with Crippen LogP contribution in [0, 0.1) is 11.3 Å². The lowest BCUT2D eigenvalue weighted by atomic mass is 10.1. The molecule has 2 N–H and O–H groups in total. The van der Waals surface area contributed by atoms with Crippen LogP contribution in [0.2, 0.25) is 10.0 Å². The van der Waals surface area contributed by atoms with E-state index in [1.54, 1.807) is 42.5 Å². The van der Waals surface area contributed by atoms with Gasteiger partial charge in [0.05, 0.1) is 5.25 Å². The first-order valence-electron chi connectivity index (χ1n) is 7.96. The molecule has 2 amide bonds. The second kappa shape index (κ2) is 8.58. The van der Waals surface area contributed by atoms with Crippen LogP contribution >= 0.6 is 50.9 Å². The quantitative estimate of drug-likeness (QED) is 0.492. The summed E-state index contributed by atoms with van der Waals surface area (Å²) in [7, 11) is 0. The van der Waals surface area contributed by atoms with Gasteiger partial charge in [0.1, 0.15) is 16.7 Å². The molecular weight excluding hydrogens is 485 g/mol. The van der Waals surface area contributed by atoms with Gasteiger partial charge in [-0.3, -0.25) is 14.5 Å². The Hall–Kier alpha value is -1.98. The Morgan fingerprint density at radius 3 is 2.54 bits per heavy atom. The molecule has 1 aliphatic rings. The number of carbonyl (C=O) groups excluding carboxylic acids is 2. The van der Waals surface area contributed by atoms with Gasteiger partial charge < -0.3 is 5.73 Å². The van der Waals surface area contributed by atoms with Crippen LogP contribution in [-0.4, -0.2) is 17.1 Å². The number of thioether (sulfide) groups is 1. The van der Waals surface area contributed by atoms with Crippen molar-refractivity contribution in [2.24, 2.45) is 5.73 Å². The molecule has 2 aromatic carbocycles. The maximum absolute atomic E-state index is 13.2. The van der Waals surface area contributed by atoms with Crippen molar-refractivity contribution in [1.82, 2.24) is 0 Å². The summed E-state index contributed by atoms with van der Waals surface area (Å²) in [5.41, 5.74) is 6.33. The molecule has 0 spiro atoms. The zero-order valence-electron chi connectivity index (χ0n) is 14.2. The zero-order valence-corrected chi connectivity index (χ0v) is 18.1. The van der Waals surface area contributed by atoms with Crippen molar-refractivity contribution in [3.05, 3.63) is 73.1 Å². The summed E-state index contributed by atoms with van der Waals surface area (Å²) in [6, 6.07) is 13.8. The molecule has 1 saturated heterocycles. The van der Waals surface area contributed by atoms with E-state index >= 15 is 0 Å². The van der Waals surface area contributed by atoms with Crippen LogP contribution in [0.5, 0.6) is 0 Å². The maximum Gasteiger partial charge on any atom is 0.262 e. The van der Waals surface area contributed by atoms with Crippen LogP contribution < -0.4 is 10.6 Å². The topological polar surface area (TPSA) is 87.2 Å². The number of primary amides is 1. The van der Waals surface area contributed by atoms with Gasteiger partial charge in [0, 0.05) is 20.2 Å². The van der Waals surface area contributed by atoms with Gasteiger partial charge in [-0.15, -0.1) is 0 Å². The Morgan fingerprint density at radius 2 is 1.93 bits per heavy atom. The van der Waals surface area contributed by atoms with Gasteiger partial charge in [-0.2, -0.15) is 5.26 Å². The van der Waals surface area contributed by atoms with Gasteiger partial charge in [-0.1, -0.05) is 50.9 Å². The summed E-state index contributed by atoms with van der Waals surface area (Å²) in [6.07, 6.45) is 0.289. The summed E-state index contributed by atoms with van der Waals surface area (Å²) in [5.74, 6) is -1.16. The molecule has 1 aliphatic heterocycles. The van der Waals surface area contributed by atoms with Crippen LogP contribution in [0.25, 0.3) is 0 Å². The molecule has 2 aromatic rings. The number of anilines is 1. The molecule has 28 heavy (non-hydrogen) atoms. The van der Waals surface area contributed by atoms with E-state index in [0.717, 1.165) is 16.2 Å². The number of benzene rings is 2. The largest absolute Gasteiger partial charge is 0.365 e. The first kappa shape index (κ1) is 20.7. The van der Waals surface area contributed by atoms with Gasteiger partial charge in [0.2, 0.25) is 5.91 Å². The third-order valence-electron chi connectivity index (χ3n) is 4.02. The Balaban J connectivity index is 2.05. The second-order valence-electron chi connectivity index (χ2n) is 5.85. The Labute approximate surface area is 184 Å².